The second-order valence-corrected chi connectivity index (χ2v) is 7.79. The first-order chi connectivity index (χ1) is 15.7. The van der Waals surface area contributed by atoms with Crippen LogP contribution in [0, 0.1) is 6.92 Å². The van der Waals surface area contributed by atoms with Crippen LogP contribution in [0.5, 0.6) is 5.75 Å². The van der Waals surface area contributed by atoms with Gasteiger partial charge in [0, 0.05) is 37.4 Å². The fourth-order valence-corrected chi connectivity index (χ4v) is 3.98. The number of ether oxygens (including phenoxy) is 1. The molecule has 0 amide bonds. The topological polar surface area (TPSA) is 80.7 Å². The Morgan fingerprint density at radius 2 is 1.69 bits per heavy atom. The molecule has 0 aliphatic carbocycles. The lowest BCUT2D eigenvalue weighted by Gasteiger charge is -2.35. The highest BCUT2D eigenvalue weighted by atomic mass is 16.5. The third kappa shape index (κ3) is 4.09. The first-order valence-corrected chi connectivity index (χ1v) is 10.7. The molecule has 164 valence electrons. The van der Waals surface area contributed by atoms with E-state index in [1.54, 1.807) is 7.11 Å². The van der Waals surface area contributed by atoms with E-state index in [4.69, 9.17) is 13.7 Å². The Morgan fingerprint density at radius 3 is 2.41 bits per heavy atom. The summed E-state index contributed by atoms with van der Waals surface area (Å²) < 4.78 is 16.7. The van der Waals surface area contributed by atoms with Crippen LogP contribution in [0.15, 0.2) is 63.5 Å². The lowest BCUT2D eigenvalue weighted by atomic mass is 10.1. The van der Waals surface area contributed by atoms with Crippen molar-refractivity contribution in [3.05, 3.63) is 66.2 Å². The number of aromatic nitrogens is 3. The Hall–Kier alpha value is -3.65. The van der Waals surface area contributed by atoms with Crippen LogP contribution in [0.4, 0.5) is 5.69 Å². The Morgan fingerprint density at radius 1 is 0.938 bits per heavy atom. The molecule has 32 heavy (non-hydrogen) atoms. The molecule has 8 heteroatoms. The predicted molar refractivity (Wildman–Crippen MR) is 120 cm³/mol. The van der Waals surface area contributed by atoms with Gasteiger partial charge in [0.1, 0.15) is 22.8 Å². The highest BCUT2D eigenvalue weighted by Gasteiger charge is 2.24. The SMILES string of the molecule is COc1ccc(N2CCN(Cc3nnc(-c4c(-c5ccccc5)noc4C)o3)CC2)cc1. The van der Waals surface area contributed by atoms with Gasteiger partial charge in [-0.3, -0.25) is 4.90 Å². The number of aryl methyl sites for hydroxylation is 1. The zero-order valence-corrected chi connectivity index (χ0v) is 18.2. The van der Waals surface area contributed by atoms with Gasteiger partial charge in [-0.1, -0.05) is 35.5 Å². The van der Waals surface area contributed by atoms with E-state index in [2.05, 4.69) is 37.3 Å². The van der Waals surface area contributed by atoms with Gasteiger partial charge in [-0.15, -0.1) is 10.2 Å². The average Bonchev–Trinajstić information content (AvgIpc) is 3.46. The number of benzene rings is 2. The summed E-state index contributed by atoms with van der Waals surface area (Å²) in [6, 6.07) is 18.1. The number of nitrogens with zero attached hydrogens (tertiary/aromatic N) is 5. The van der Waals surface area contributed by atoms with Gasteiger partial charge in [0.2, 0.25) is 5.89 Å². The number of hydrogen-bond donors (Lipinski definition) is 0. The number of hydrogen-bond acceptors (Lipinski definition) is 8. The van der Waals surface area contributed by atoms with E-state index < -0.39 is 0 Å². The zero-order valence-electron chi connectivity index (χ0n) is 18.2. The van der Waals surface area contributed by atoms with E-state index in [0.717, 1.165) is 43.1 Å². The van der Waals surface area contributed by atoms with Crippen LogP contribution in [0.1, 0.15) is 11.7 Å². The minimum absolute atomic E-state index is 0.439. The van der Waals surface area contributed by atoms with Gasteiger partial charge >= 0.3 is 0 Å². The Balaban J connectivity index is 1.25. The molecule has 5 rings (SSSR count). The third-order valence-electron chi connectivity index (χ3n) is 5.76. The molecule has 2 aromatic heterocycles. The van der Waals surface area contributed by atoms with Gasteiger partial charge in [-0.05, 0) is 31.2 Å². The van der Waals surface area contributed by atoms with Crippen LogP contribution < -0.4 is 9.64 Å². The lowest BCUT2D eigenvalue weighted by molar-refractivity contribution is 0.227. The minimum Gasteiger partial charge on any atom is -0.497 e. The van der Waals surface area contributed by atoms with Crippen molar-refractivity contribution in [2.24, 2.45) is 0 Å². The van der Waals surface area contributed by atoms with Crippen molar-refractivity contribution >= 4 is 5.69 Å². The summed E-state index contributed by atoms with van der Waals surface area (Å²) in [5, 5.41) is 12.8. The van der Waals surface area contributed by atoms with Crippen LogP contribution in [-0.2, 0) is 6.54 Å². The van der Waals surface area contributed by atoms with Gasteiger partial charge < -0.3 is 18.6 Å². The summed E-state index contributed by atoms with van der Waals surface area (Å²) in [6.07, 6.45) is 0. The molecule has 0 N–H and O–H groups in total. The number of rotatable bonds is 6. The van der Waals surface area contributed by atoms with Crippen LogP contribution in [0.25, 0.3) is 22.7 Å². The predicted octanol–water partition coefficient (Wildman–Crippen LogP) is 4.03. The van der Waals surface area contributed by atoms with Crippen molar-refractivity contribution in [3.63, 3.8) is 0 Å². The number of anilines is 1. The molecule has 3 heterocycles. The molecule has 0 bridgehead atoms. The Kier molecular flexibility index (Phi) is 5.60. The van der Waals surface area contributed by atoms with Gasteiger partial charge in [0.25, 0.3) is 5.89 Å². The maximum atomic E-state index is 6.02. The molecule has 2 aromatic carbocycles. The normalized spacial score (nSPS) is 14.6. The standard InChI is InChI=1S/C24H25N5O3/c1-17-22(23(27-32-17)18-6-4-3-5-7-18)24-26-25-21(31-24)16-28-12-14-29(15-13-28)19-8-10-20(30-2)11-9-19/h3-11H,12-16H2,1-2H3. The maximum Gasteiger partial charge on any atom is 0.253 e. The van der Waals surface area contributed by atoms with Gasteiger partial charge in [-0.2, -0.15) is 0 Å². The minimum atomic E-state index is 0.439. The zero-order chi connectivity index (χ0) is 21.9. The van der Waals surface area contributed by atoms with Crippen LogP contribution >= 0.6 is 0 Å². The van der Waals surface area contributed by atoms with Crippen molar-refractivity contribution in [1.82, 2.24) is 20.3 Å². The van der Waals surface area contributed by atoms with Crippen molar-refractivity contribution in [2.45, 2.75) is 13.5 Å². The summed E-state index contributed by atoms with van der Waals surface area (Å²) >= 11 is 0. The van der Waals surface area contributed by atoms with E-state index in [1.807, 2.05) is 49.4 Å². The highest BCUT2D eigenvalue weighted by molar-refractivity contribution is 5.77. The maximum absolute atomic E-state index is 6.02. The van der Waals surface area contributed by atoms with E-state index in [1.165, 1.54) is 5.69 Å². The molecule has 0 unspecified atom stereocenters. The molecule has 0 radical (unpaired) electrons. The second kappa shape index (κ2) is 8.84. The summed E-state index contributed by atoms with van der Waals surface area (Å²) in [7, 11) is 1.68. The van der Waals surface area contributed by atoms with Crippen LogP contribution in [0.2, 0.25) is 0 Å². The molecule has 0 spiro atoms. The van der Waals surface area contributed by atoms with E-state index >= 15 is 0 Å². The van der Waals surface area contributed by atoms with Gasteiger partial charge in [0.05, 0.1) is 13.7 Å². The molecule has 1 fully saturated rings. The second-order valence-electron chi connectivity index (χ2n) is 7.79. The fraction of sp³-hybridized carbons (Fsp3) is 0.292. The van der Waals surface area contributed by atoms with Gasteiger partial charge in [-0.25, -0.2) is 0 Å². The van der Waals surface area contributed by atoms with Crippen LogP contribution in [0.3, 0.4) is 0 Å². The van der Waals surface area contributed by atoms with E-state index in [-0.39, 0.29) is 0 Å². The first-order valence-electron chi connectivity index (χ1n) is 10.7. The van der Waals surface area contributed by atoms with E-state index in [9.17, 15) is 0 Å². The van der Waals surface area contributed by atoms with Crippen molar-refractivity contribution in [1.29, 1.82) is 0 Å². The largest absolute Gasteiger partial charge is 0.497 e. The molecular weight excluding hydrogens is 406 g/mol. The highest BCUT2D eigenvalue weighted by Crippen LogP contribution is 2.33. The summed E-state index contributed by atoms with van der Waals surface area (Å²) in [5.74, 6) is 2.57. The Labute approximate surface area is 186 Å². The van der Waals surface area contributed by atoms with Crippen molar-refractivity contribution < 1.29 is 13.7 Å². The summed E-state index contributed by atoms with van der Waals surface area (Å²) in [5.41, 5.74) is 3.63. The summed E-state index contributed by atoms with van der Waals surface area (Å²) in [4.78, 5) is 4.71. The molecule has 0 atom stereocenters. The molecule has 1 saturated heterocycles. The summed E-state index contributed by atoms with van der Waals surface area (Å²) in [6.45, 7) is 6.20. The average molecular weight is 431 g/mol. The fourth-order valence-electron chi connectivity index (χ4n) is 3.98. The first kappa shape index (κ1) is 20.3. The number of piperazine rings is 1. The van der Waals surface area contributed by atoms with Gasteiger partial charge in [0.15, 0.2) is 0 Å². The van der Waals surface area contributed by atoms with Crippen LogP contribution in [-0.4, -0.2) is 53.5 Å². The lowest BCUT2D eigenvalue weighted by Crippen LogP contribution is -2.46. The Bertz CT molecular complexity index is 1160. The monoisotopic (exact) mass is 431 g/mol. The quantitative estimate of drug-likeness (QED) is 0.453. The molecule has 8 nitrogen and oxygen atoms in total. The third-order valence-corrected chi connectivity index (χ3v) is 5.76. The molecule has 1 aliphatic heterocycles. The molecule has 1 aliphatic rings. The molecule has 0 saturated carbocycles. The smallest absolute Gasteiger partial charge is 0.253 e. The van der Waals surface area contributed by atoms with Crippen molar-refractivity contribution in [2.75, 3.05) is 38.2 Å². The molecule has 4 aromatic rings. The number of methoxy groups -OCH3 is 1. The van der Waals surface area contributed by atoms with Crippen molar-refractivity contribution in [3.8, 4) is 28.5 Å². The molecular formula is C24H25N5O3. The van der Waals surface area contributed by atoms with E-state index in [0.29, 0.717) is 29.8 Å².